The van der Waals surface area contributed by atoms with Crippen molar-refractivity contribution >= 4 is 17.6 Å². The molecule has 0 aromatic heterocycles. The largest absolute Gasteiger partial charge is 0.508 e. The number of rotatable bonds is 2. The quantitative estimate of drug-likeness (QED) is 0.853. The molecular weight excluding hydrogens is 304 g/mol. The van der Waals surface area contributed by atoms with E-state index in [0.29, 0.717) is 16.3 Å². The highest BCUT2D eigenvalue weighted by Gasteiger charge is 2.24. The third-order valence-electron chi connectivity index (χ3n) is 3.72. The minimum Gasteiger partial charge on any atom is -0.508 e. The van der Waals surface area contributed by atoms with Crippen LogP contribution in [0.5, 0.6) is 11.5 Å². The number of carbonyl (C=O) groups is 1. The smallest absolute Gasteiger partial charge is 0.337 e. The Balaban J connectivity index is 1.90. The standard InChI is InChI=1S/C17H15ClO4/c1-21-17(20)12-4-2-3-10(7-12)15-6-5-11-8-13(19)9-14(18)16(11)22-15/h2-4,7-9,15,19H,5-6H2,1H3. The van der Waals surface area contributed by atoms with Gasteiger partial charge >= 0.3 is 5.97 Å². The highest BCUT2D eigenvalue weighted by molar-refractivity contribution is 6.32. The lowest BCUT2D eigenvalue weighted by Gasteiger charge is -2.27. The number of esters is 1. The van der Waals surface area contributed by atoms with Crippen molar-refractivity contribution in [1.29, 1.82) is 0 Å². The SMILES string of the molecule is COC(=O)c1cccc(C2CCc3cc(O)cc(Cl)c3O2)c1. The van der Waals surface area contributed by atoms with Crippen LogP contribution in [0.3, 0.4) is 0 Å². The van der Waals surface area contributed by atoms with E-state index < -0.39 is 0 Å². The molecule has 1 unspecified atom stereocenters. The van der Waals surface area contributed by atoms with Crippen LogP contribution in [0.15, 0.2) is 36.4 Å². The van der Waals surface area contributed by atoms with Crippen LogP contribution >= 0.6 is 11.6 Å². The van der Waals surface area contributed by atoms with Crippen LogP contribution < -0.4 is 4.74 Å². The Bertz CT molecular complexity index is 727. The Hall–Kier alpha value is -2.20. The van der Waals surface area contributed by atoms with Crippen molar-refractivity contribution < 1.29 is 19.4 Å². The maximum atomic E-state index is 11.6. The molecule has 1 aliphatic heterocycles. The second-order valence-electron chi connectivity index (χ2n) is 5.18. The van der Waals surface area contributed by atoms with Gasteiger partial charge in [0.25, 0.3) is 0 Å². The van der Waals surface area contributed by atoms with E-state index in [1.54, 1.807) is 24.3 Å². The summed E-state index contributed by atoms with van der Waals surface area (Å²) in [6.45, 7) is 0. The van der Waals surface area contributed by atoms with Gasteiger partial charge in [0.1, 0.15) is 17.6 Å². The van der Waals surface area contributed by atoms with Gasteiger partial charge in [0.05, 0.1) is 17.7 Å². The number of methoxy groups -OCH3 is 1. The van der Waals surface area contributed by atoms with Gasteiger partial charge in [-0.3, -0.25) is 0 Å². The Morgan fingerprint density at radius 1 is 1.36 bits per heavy atom. The lowest BCUT2D eigenvalue weighted by molar-refractivity contribution is 0.0600. The Morgan fingerprint density at radius 3 is 2.95 bits per heavy atom. The van der Waals surface area contributed by atoms with Gasteiger partial charge in [-0.1, -0.05) is 23.7 Å². The second kappa shape index (κ2) is 5.89. The van der Waals surface area contributed by atoms with E-state index in [1.165, 1.54) is 13.2 Å². The van der Waals surface area contributed by atoms with E-state index in [0.717, 1.165) is 24.0 Å². The molecule has 1 aliphatic rings. The van der Waals surface area contributed by atoms with Crippen LogP contribution in [0.4, 0.5) is 0 Å². The number of fused-ring (bicyclic) bond motifs is 1. The molecule has 0 radical (unpaired) electrons. The van der Waals surface area contributed by atoms with E-state index in [-0.39, 0.29) is 17.8 Å². The molecule has 3 rings (SSSR count). The zero-order chi connectivity index (χ0) is 15.7. The molecule has 2 aromatic rings. The first-order valence-electron chi connectivity index (χ1n) is 6.95. The summed E-state index contributed by atoms with van der Waals surface area (Å²) in [5.41, 5.74) is 2.29. The molecule has 0 saturated heterocycles. The van der Waals surface area contributed by atoms with Gasteiger partial charge in [0.15, 0.2) is 0 Å². The molecular formula is C17H15ClO4. The monoisotopic (exact) mass is 318 g/mol. The molecule has 0 spiro atoms. The van der Waals surface area contributed by atoms with Crippen LogP contribution in [0, 0.1) is 0 Å². The predicted molar refractivity (Wildman–Crippen MR) is 82.6 cm³/mol. The number of aryl methyl sites for hydroxylation is 1. The molecule has 1 atom stereocenters. The van der Waals surface area contributed by atoms with Gasteiger partial charge in [-0.05, 0) is 42.2 Å². The summed E-state index contributed by atoms with van der Waals surface area (Å²) in [5, 5.41) is 9.98. The normalized spacial score (nSPS) is 16.5. The van der Waals surface area contributed by atoms with Crippen molar-refractivity contribution in [2.24, 2.45) is 0 Å². The third-order valence-corrected chi connectivity index (χ3v) is 4.00. The maximum absolute atomic E-state index is 11.6. The summed E-state index contributed by atoms with van der Waals surface area (Å²) < 4.78 is 10.7. The first-order valence-corrected chi connectivity index (χ1v) is 7.32. The zero-order valence-corrected chi connectivity index (χ0v) is 12.8. The van der Waals surface area contributed by atoms with Crippen LogP contribution in [0.2, 0.25) is 5.02 Å². The van der Waals surface area contributed by atoms with E-state index in [2.05, 4.69) is 0 Å². The average molecular weight is 319 g/mol. The molecule has 0 fully saturated rings. The van der Waals surface area contributed by atoms with Crippen molar-refractivity contribution in [3.05, 3.63) is 58.1 Å². The molecule has 4 nitrogen and oxygen atoms in total. The molecule has 5 heteroatoms. The number of aromatic hydroxyl groups is 1. The molecule has 114 valence electrons. The number of phenols is 1. The fourth-order valence-corrected chi connectivity index (χ4v) is 2.94. The van der Waals surface area contributed by atoms with Gasteiger partial charge in [-0.15, -0.1) is 0 Å². The lowest BCUT2D eigenvalue weighted by atomic mass is 9.96. The maximum Gasteiger partial charge on any atom is 0.337 e. The first kappa shape index (κ1) is 14.7. The van der Waals surface area contributed by atoms with E-state index in [9.17, 15) is 9.90 Å². The van der Waals surface area contributed by atoms with Crippen molar-refractivity contribution in [3.8, 4) is 11.5 Å². The van der Waals surface area contributed by atoms with Crippen LogP contribution in [0.1, 0.15) is 34.0 Å². The predicted octanol–water partition coefficient (Wildman–Crippen LogP) is 3.90. The zero-order valence-electron chi connectivity index (χ0n) is 12.0. The number of halogens is 1. The van der Waals surface area contributed by atoms with E-state index >= 15 is 0 Å². The highest BCUT2D eigenvalue weighted by atomic mass is 35.5. The number of benzene rings is 2. The highest BCUT2D eigenvalue weighted by Crippen LogP contribution is 2.41. The Morgan fingerprint density at radius 2 is 2.18 bits per heavy atom. The lowest BCUT2D eigenvalue weighted by Crippen LogP contribution is -2.16. The number of carbonyl (C=O) groups excluding carboxylic acids is 1. The average Bonchev–Trinajstić information content (AvgIpc) is 2.54. The van der Waals surface area contributed by atoms with Crippen LogP contribution in [-0.4, -0.2) is 18.2 Å². The summed E-state index contributed by atoms with van der Waals surface area (Å²) in [4.78, 5) is 11.6. The third kappa shape index (κ3) is 2.74. The summed E-state index contributed by atoms with van der Waals surface area (Å²) in [5.74, 6) is 0.360. The molecule has 0 aliphatic carbocycles. The fourth-order valence-electron chi connectivity index (χ4n) is 2.66. The van der Waals surface area contributed by atoms with Crippen LogP contribution in [-0.2, 0) is 11.2 Å². The molecule has 22 heavy (non-hydrogen) atoms. The van der Waals surface area contributed by atoms with Gasteiger partial charge < -0.3 is 14.6 Å². The second-order valence-corrected chi connectivity index (χ2v) is 5.59. The molecule has 1 heterocycles. The van der Waals surface area contributed by atoms with E-state index in [4.69, 9.17) is 21.1 Å². The topological polar surface area (TPSA) is 55.8 Å². The van der Waals surface area contributed by atoms with Crippen LogP contribution in [0.25, 0.3) is 0 Å². The summed E-state index contributed by atoms with van der Waals surface area (Å²) in [6, 6.07) is 10.3. The number of phenolic OH excluding ortho intramolecular Hbond substituents is 1. The van der Waals surface area contributed by atoms with Crippen molar-refractivity contribution in [2.75, 3.05) is 7.11 Å². The minimum absolute atomic E-state index is 0.137. The molecule has 1 N–H and O–H groups in total. The minimum atomic E-state index is -0.374. The number of hydrogen-bond acceptors (Lipinski definition) is 4. The Labute approximate surface area is 133 Å². The summed E-state index contributed by atoms with van der Waals surface area (Å²) >= 11 is 6.15. The number of hydrogen-bond donors (Lipinski definition) is 1. The van der Waals surface area contributed by atoms with Gasteiger partial charge in [0, 0.05) is 6.07 Å². The van der Waals surface area contributed by atoms with E-state index in [1.807, 2.05) is 6.07 Å². The molecule has 2 aromatic carbocycles. The summed E-state index contributed by atoms with van der Waals surface area (Å²) in [6.07, 6.45) is 1.31. The first-order chi connectivity index (χ1) is 10.6. The van der Waals surface area contributed by atoms with Crippen molar-refractivity contribution in [3.63, 3.8) is 0 Å². The Kier molecular flexibility index (Phi) is 3.94. The number of ether oxygens (including phenoxy) is 2. The molecule has 0 saturated carbocycles. The molecule has 0 amide bonds. The molecule has 0 bridgehead atoms. The van der Waals surface area contributed by atoms with Crippen molar-refractivity contribution in [2.45, 2.75) is 18.9 Å². The van der Waals surface area contributed by atoms with Crippen molar-refractivity contribution in [1.82, 2.24) is 0 Å². The van der Waals surface area contributed by atoms with Gasteiger partial charge in [-0.25, -0.2) is 4.79 Å². The summed E-state index contributed by atoms with van der Waals surface area (Å²) in [7, 11) is 1.36. The van der Waals surface area contributed by atoms with Gasteiger partial charge in [-0.2, -0.15) is 0 Å². The fraction of sp³-hybridized carbons (Fsp3) is 0.235. The van der Waals surface area contributed by atoms with Gasteiger partial charge in [0.2, 0.25) is 0 Å².